The molecule has 1 aromatic carbocycles. The maximum absolute atomic E-state index is 13.6. The van der Waals surface area contributed by atoms with Crippen LogP contribution in [-0.4, -0.2) is 19.8 Å². The van der Waals surface area contributed by atoms with Gasteiger partial charge in [-0.3, -0.25) is 0 Å². The van der Waals surface area contributed by atoms with Crippen molar-refractivity contribution in [1.82, 2.24) is 4.31 Å². The summed E-state index contributed by atoms with van der Waals surface area (Å²) in [5.74, 6) is -0.751. The molecule has 2 aromatic rings. The van der Waals surface area contributed by atoms with Crippen LogP contribution < -0.4 is 0 Å². The minimum Gasteiger partial charge on any atom is -0.207 e. The molecule has 3 nitrogen and oxygen atoms in total. The smallest absolute Gasteiger partial charge is 0.207 e. The van der Waals surface area contributed by atoms with E-state index in [2.05, 4.69) is 0 Å². The first-order valence-electron chi connectivity index (χ1n) is 5.36. The van der Waals surface area contributed by atoms with Gasteiger partial charge >= 0.3 is 0 Å². The lowest BCUT2D eigenvalue weighted by molar-refractivity contribution is 0.462. The summed E-state index contributed by atoms with van der Waals surface area (Å²) in [6.45, 7) is 0.161. The molecular weight excluding hydrogens is 309 g/mol. The number of rotatable bonds is 4. The van der Waals surface area contributed by atoms with Crippen LogP contribution in [0.5, 0.6) is 0 Å². The molecule has 0 unspecified atom stereocenters. The zero-order valence-electron chi connectivity index (χ0n) is 10.0. The van der Waals surface area contributed by atoms with Crippen molar-refractivity contribution in [3.63, 3.8) is 0 Å². The lowest BCUT2D eigenvalue weighted by Gasteiger charge is -2.16. The summed E-state index contributed by atoms with van der Waals surface area (Å²) >= 11 is 7.09. The monoisotopic (exact) mass is 319 g/mol. The van der Waals surface area contributed by atoms with E-state index in [1.165, 1.54) is 36.6 Å². The molecule has 0 radical (unpaired) electrons. The van der Waals surface area contributed by atoms with Crippen LogP contribution in [0.1, 0.15) is 4.88 Å². The molecule has 0 aliphatic rings. The van der Waals surface area contributed by atoms with Gasteiger partial charge in [-0.25, -0.2) is 12.8 Å². The Morgan fingerprint density at radius 1 is 1.26 bits per heavy atom. The van der Waals surface area contributed by atoms with Crippen LogP contribution in [0.25, 0.3) is 0 Å². The van der Waals surface area contributed by atoms with Gasteiger partial charge < -0.3 is 0 Å². The molecule has 0 N–H and O–H groups in total. The minimum absolute atomic E-state index is 0.161. The Hall–Kier alpha value is -0.950. The second kappa shape index (κ2) is 5.58. The molecule has 0 saturated heterocycles. The zero-order valence-corrected chi connectivity index (χ0v) is 12.4. The average Bonchev–Trinajstić information content (AvgIpc) is 2.75. The van der Waals surface area contributed by atoms with Crippen LogP contribution in [0.15, 0.2) is 41.3 Å². The van der Waals surface area contributed by atoms with Crippen molar-refractivity contribution in [3.8, 4) is 0 Å². The van der Waals surface area contributed by atoms with E-state index >= 15 is 0 Å². The van der Waals surface area contributed by atoms with E-state index in [1.54, 1.807) is 12.1 Å². The Morgan fingerprint density at radius 3 is 2.53 bits per heavy atom. The SMILES string of the molecule is CN(Cc1ccc(Cl)s1)S(=O)(=O)c1ccccc1F. The fourth-order valence-corrected chi connectivity index (χ4v) is 4.00. The Kier molecular flexibility index (Phi) is 4.25. The highest BCUT2D eigenvalue weighted by Gasteiger charge is 2.24. The average molecular weight is 320 g/mol. The van der Waals surface area contributed by atoms with Crippen molar-refractivity contribution in [2.45, 2.75) is 11.4 Å². The highest BCUT2D eigenvalue weighted by Crippen LogP contribution is 2.25. The van der Waals surface area contributed by atoms with E-state index in [0.717, 1.165) is 15.2 Å². The Labute approximate surface area is 120 Å². The second-order valence-electron chi connectivity index (χ2n) is 3.90. The molecular formula is C12H11ClFNO2S2. The van der Waals surface area contributed by atoms with Crippen LogP contribution in [0.3, 0.4) is 0 Å². The van der Waals surface area contributed by atoms with E-state index in [9.17, 15) is 12.8 Å². The van der Waals surface area contributed by atoms with Crippen LogP contribution in [-0.2, 0) is 16.6 Å². The molecule has 1 heterocycles. The van der Waals surface area contributed by atoms with Gasteiger partial charge in [-0.1, -0.05) is 23.7 Å². The predicted octanol–water partition coefficient (Wildman–Crippen LogP) is 3.36. The summed E-state index contributed by atoms with van der Waals surface area (Å²) in [4.78, 5) is 0.479. The van der Waals surface area contributed by atoms with Crippen molar-refractivity contribution >= 4 is 33.0 Å². The molecule has 7 heteroatoms. The topological polar surface area (TPSA) is 37.4 Å². The van der Waals surface area contributed by atoms with Crippen LogP contribution in [0.4, 0.5) is 4.39 Å². The summed E-state index contributed by atoms with van der Waals surface area (Å²) in [6, 6.07) is 8.77. The van der Waals surface area contributed by atoms with E-state index in [0.29, 0.717) is 4.34 Å². The molecule has 102 valence electrons. The molecule has 0 bridgehead atoms. The Morgan fingerprint density at radius 2 is 1.95 bits per heavy atom. The number of hydrogen-bond donors (Lipinski definition) is 0. The summed E-state index contributed by atoms with van der Waals surface area (Å²) in [6.07, 6.45) is 0. The molecule has 0 amide bonds. The van der Waals surface area contributed by atoms with Crippen molar-refractivity contribution in [3.05, 3.63) is 51.4 Å². The van der Waals surface area contributed by atoms with Gasteiger partial charge in [-0.15, -0.1) is 11.3 Å². The number of thiophene rings is 1. The van der Waals surface area contributed by atoms with Crippen LogP contribution in [0.2, 0.25) is 4.34 Å². The molecule has 0 spiro atoms. The van der Waals surface area contributed by atoms with E-state index < -0.39 is 15.8 Å². The van der Waals surface area contributed by atoms with Gasteiger partial charge in [-0.05, 0) is 24.3 Å². The van der Waals surface area contributed by atoms with Gasteiger partial charge in [0, 0.05) is 18.5 Å². The zero-order chi connectivity index (χ0) is 14.0. The maximum Gasteiger partial charge on any atom is 0.246 e. The number of benzene rings is 1. The molecule has 2 rings (SSSR count). The van der Waals surface area contributed by atoms with Gasteiger partial charge in [-0.2, -0.15) is 4.31 Å². The van der Waals surface area contributed by atoms with Crippen LogP contribution >= 0.6 is 22.9 Å². The molecule has 0 saturated carbocycles. The van der Waals surface area contributed by atoms with Gasteiger partial charge in [0.1, 0.15) is 10.7 Å². The number of nitrogens with zero attached hydrogens (tertiary/aromatic N) is 1. The van der Waals surface area contributed by atoms with Crippen LogP contribution in [0, 0.1) is 5.82 Å². The third-order valence-corrected chi connectivity index (χ3v) is 5.58. The third kappa shape index (κ3) is 3.14. The van der Waals surface area contributed by atoms with Gasteiger partial charge in [0.25, 0.3) is 0 Å². The largest absolute Gasteiger partial charge is 0.246 e. The summed E-state index contributed by atoms with van der Waals surface area (Å²) in [7, 11) is -2.42. The number of sulfonamides is 1. The Bertz CT molecular complexity index is 685. The highest BCUT2D eigenvalue weighted by atomic mass is 35.5. The van der Waals surface area contributed by atoms with Crippen molar-refractivity contribution in [1.29, 1.82) is 0 Å². The minimum atomic E-state index is -3.84. The first-order valence-corrected chi connectivity index (χ1v) is 8.00. The fraction of sp³-hybridized carbons (Fsp3) is 0.167. The molecule has 0 fully saturated rings. The summed E-state index contributed by atoms with van der Waals surface area (Å²) in [5.41, 5.74) is 0. The summed E-state index contributed by atoms with van der Waals surface area (Å²) < 4.78 is 39.7. The number of hydrogen-bond acceptors (Lipinski definition) is 3. The first kappa shape index (κ1) is 14.5. The fourth-order valence-electron chi connectivity index (χ4n) is 1.56. The lowest BCUT2D eigenvalue weighted by atomic mass is 10.4. The molecule has 0 aliphatic heterocycles. The van der Waals surface area contributed by atoms with E-state index in [4.69, 9.17) is 11.6 Å². The molecule has 0 atom stereocenters. The molecule has 0 aliphatic carbocycles. The molecule has 1 aromatic heterocycles. The number of halogens is 2. The summed E-state index contributed by atoms with van der Waals surface area (Å²) in [5, 5.41) is 0. The first-order chi connectivity index (χ1) is 8.91. The quantitative estimate of drug-likeness (QED) is 0.866. The predicted molar refractivity (Wildman–Crippen MR) is 74.4 cm³/mol. The van der Waals surface area contributed by atoms with E-state index in [-0.39, 0.29) is 11.4 Å². The van der Waals surface area contributed by atoms with E-state index in [1.807, 2.05) is 0 Å². The van der Waals surface area contributed by atoms with Crippen molar-refractivity contribution in [2.75, 3.05) is 7.05 Å². The lowest BCUT2D eigenvalue weighted by Crippen LogP contribution is -2.26. The van der Waals surface area contributed by atoms with Gasteiger partial charge in [0.05, 0.1) is 4.34 Å². The Balaban J connectivity index is 2.27. The standard InChI is InChI=1S/C12H11ClFNO2S2/c1-15(8-9-6-7-12(13)18-9)19(16,17)11-5-3-2-4-10(11)14/h2-7H,8H2,1H3. The normalized spacial score (nSPS) is 12.0. The third-order valence-electron chi connectivity index (χ3n) is 2.53. The maximum atomic E-state index is 13.6. The second-order valence-corrected chi connectivity index (χ2v) is 7.71. The molecule has 19 heavy (non-hydrogen) atoms. The van der Waals surface area contributed by atoms with Gasteiger partial charge in [0.15, 0.2) is 0 Å². The van der Waals surface area contributed by atoms with Crippen molar-refractivity contribution in [2.24, 2.45) is 0 Å². The highest BCUT2D eigenvalue weighted by molar-refractivity contribution is 7.89. The van der Waals surface area contributed by atoms with Crippen molar-refractivity contribution < 1.29 is 12.8 Å². The van der Waals surface area contributed by atoms with Gasteiger partial charge in [0.2, 0.25) is 10.0 Å².